The molecule has 1 heterocycles. The first-order valence-corrected chi connectivity index (χ1v) is 11.8. The molecule has 0 unspecified atom stereocenters. The molecule has 0 spiro atoms. The van der Waals surface area contributed by atoms with Gasteiger partial charge in [0.1, 0.15) is 30.1 Å². The molecule has 0 aliphatic carbocycles. The van der Waals surface area contributed by atoms with Crippen LogP contribution in [0, 0.1) is 13.8 Å². The summed E-state index contributed by atoms with van der Waals surface area (Å²) in [7, 11) is 0. The number of nitrogens with zero attached hydrogens (tertiary/aromatic N) is 2. The standard InChI is InChI=1S/C25H31N3O4S/c1-15(2)20-9-7-17(4)14-23(20)32-12-11-31-22-10-8-16(3)13-21(22)24-28(19(6)30)27-25(33-24)26-18(5)29/h7-10,13-15,24H,11-12H2,1-6H3,(H,26,27,29)/t24-/m1/s1. The van der Waals surface area contributed by atoms with E-state index in [1.54, 1.807) is 0 Å². The van der Waals surface area contributed by atoms with E-state index in [0.717, 1.165) is 22.4 Å². The van der Waals surface area contributed by atoms with Crippen LogP contribution in [-0.2, 0) is 9.59 Å². The van der Waals surface area contributed by atoms with Gasteiger partial charge in [0.15, 0.2) is 5.17 Å². The Hall–Kier alpha value is -3.00. The number of hydrazone groups is 1. The predicted molar refractivity (Wildman–Crippen MR) is 132 cm³/mol. The Labute approximate surface area is 199 Å². The monoisotopic (exact) mass is 469 g/mol. The van der Waals surface area contributed by atoms with Gasteiger partial charge in [-0.2, -0.15) is 0 Å². The summed E-state index contributed by atoms with van der Waals surface area (Å²) in [5, 5.41) is 8.28. The number of aryl methyl sites for hydroxylation is 2. The van der Waals surface area contributed by atoms with Crippen molar-refractivity contribution < 1.29 is 19.1 Å². The van der Waals surface area contributed by atoms with E-state index in [0.29, 0.717) is 30.0 Å². The number of nitrogens with one attached hydrogen (secondary N) is 1. The Kier molecular flexibility index (Phi) is 8.02. The van der Waals surface area contributed by atoms with Crippen LogP contribution < -0.4 is 14.8 Å². The molecule has 2 aromatic rings. The maximum Gasteiger partial charge on any atom is 0.241 e. The van der Waals surface area contributed by atoms with Crippen LogP contribution in [0.3, 0.4) is 0 Å². The van der Waals surface area contributed by atoms with Crippen molar-refractivity contribution in [2.24, 2.45) is 5.10 Å². The molecule has 2 aromatic carbocycles. The lowest BCUT2D eigenvalue weighted by Crippen LogP contribution is -2.25. The molecule has 0 radical (unpaired) electrons. The zero-order chi connectivity index (χ0) is 24.1. The lowest BCUT2D eigenvalue weighted by molar-refractivity contribution is -0.129. The predicted octanol–water partition coefficient (Wildman–Crippen LogP) is 4.89. The molecule has 33 heavy (non-hydrogen) atoms. The molecular weight excluding hydrogens is 438 g/mol. The number of amides is 2. The lowest BCUT2D eigenvalue weighted by atomic mass is 10.0. The minimum atomic E-state index is -0.426. The van der Waals surface area contributed by atoms with Gasteiger partial charge < -0.3 is 14.8 Å². The van der Waals surface area contributed by atoms with Crippen LogP contribution in [-0.4, -0.2) is 35.2 Å². The number of thioether (sulfide) groups is 1. The van der Waals surface area contributed by atoms with E-state index in [4.69, 9.17) is 9.47 Å². The zero-order valence-electron chi connectivity index (χ0n) is 20.0. The largest absolute Gasteiger partial charge is 0.490 e. The first-order valence-electron chi connectivity index (χ1n) is 10.9. The van der Waals surface area contributed by atoms with E-state index in [1.165, 1.54) is 36.2 Å². The number of carbonyl (C=O) groups is 2. The molecule has 0 bridgehead atoms. The molecule has 3 rings (SSSR count). The number of carbonyl (C=O) groups excluding carboxylic acids is 2. The summed E-state index contributed by atoms with van der Waals surface area (Å²) < 4.78 is 12.1. The molecule has 1 aliphatic rings. The van der Waals surface area contributed by atoms with Crippen LogP contribution in [0.25, 0.3) is 0 Å². The van der Waals surface area contributed by atoms with Crippen molar-refractivity contribution in [3.8, 4) is 11.5 Å². The van der Waals surface area contributed by atoms with Crippen molar-refractivity contribution >= 4 is 28.7 Å². The number of hydrogen-bond acceptors (Lipinski definition) is 6. The third-order valence-electron chi connectivity index (χ3n) is 5.07. The van der Waals surface area contributed by atoms with Crippen LogP contribution in [0.5, 0.6) is 11.5 Å². The van der Waals surface area contributed by atoms with Crippen molar-refractivity contribution in [3.05, 3.63) is 58.7 Å². The highest BCUT2D eigenvalue weighted by molar-refractivity contribution is 8.14. The lowest BCUT2D eigenvalue weighted by Gasteiger charge is -2.22. The fraction of sp³-hybridized carbons (Fsp3) is 0.400. The summed E-state index contributed by atoms with van der Waals surface area (Å²) in [6, 6.07) is 12.1. The van der Waals surface area contributed by atoms with Gasteiger partial charge in [-0.15, -0.1) is 5.10 Å². The van der Waals surface area contributed by atoms with Gasteiger partial charge in [0.25, 0.3) is 0 Å². The summed E-state index contributed by atoms with van der Waals surface area (Å²) >= 11 is 1.31. The minimum Gasteiger partial charge on any atom is -0.490 e. The molecule has 1 N–H and O–H groups in total. The van der Waals surface area contributed by atoms with Crippen molar-refractivity contribution in [2.45, 2.75) is 52.8 Å². The maximum atomic E-state index is 12.2. The molecule has 8 heteroatoms. The smallest absolute Gasteiger partial charge is 0.241 e. The Morgan fingerprint density at radius 2 is 1.67 bits per heavy atom. The average molecular weight is 470 g/mol. The third-order valence-corrected chi connectivity index (χ3v) is 6.15. The van der Waals surface area contributed by atoms with Gasteiger partial charge in [-0.05, 0) is 49.1 Å². The van der Waals surface area contributed by atoms with Crippen LogP contribution in [0.15, 0.2) is 41.5 Å². The highest BCUT2D eigenvalue weighted by Gasteiger charge is 2.34. The van der Waals surface area contributed by atoms with Crippen LogP contribution in [0.2, 0.25) is 0 Å². The average Bonchev–Trinajstić information content (AvgIpc) is 3.15. The molecule has 1 aliphatic heterocycles. The van der Waals surface area contributed by atoms with Crippen molar-refractivity contribution in [1.29, 1.82) is 0 Å². The number of benzene rings is 2. The summed E-state index contributed by atoms with van der Waals surface area (Å²) in [5.74, 6) is 1.44. The van der Waals surface area contributed by atoms with Crippen molar-refractivity contribution in [3.63, 3.8) is 0 Å². The Morgan fingerprint density at radius 3 is 2.30 bits per heavy atom. The molecule has 0 fully saturated rings. The Bertz CT molecular complexity index is 1070. The fourth-order valence-corrected chi connectivity index (χ4v) is 4.66. The van der Waals surface area contributed by atoms with Gasteiger partial charge in [-0.1, -0.05) is 49.4 Å². The van der Waals surface area contributed by atoms with Gasteiger partial charge in [0, 0.05) is 19.4 Å². The first-order chi connectivity index (χ1) is 15.7. The van der Waals surface area contributed by atoms with Crippen LogP contribution >= 0.6 is 11.8 Å². The summed E-state index contributed by atoms with van der Waals surface area (Å²) in [5.41, 5.74) is 4.16. The van der Waals surface area contributed by atoms with E-state index in [9.17, 15) is 9.59 Å². The molecule has 2 amide bonds. The molecule has 176 valence electrons. The van der Waals surface area contributed by atoms with Crippen LogP contribution in [0.1, 0.15) is 61.2 Å². The van der Waals surface area contributed by atoms with E-state index >= 15 is 0 Å². The molecule has 1 atom stereocenters. The SMILES string of the molecule is CC(=O)NC1=NN(C(C)=O)[C@@H](c2cc(C)ccc2OCCOc2cc(C)ccc2C(C)C)S1. The van der Waals surface area contributed by atoms with Crippen LogP contribution in [0.4, 0.5) is 0 Å². The second-order valence-electron chi connectivity index (χ2n) is 8.35. The molecule has 0 saturated carbocycles. The Balaban J connectivity index is 1.73. The number of hydrogen-bond donors (Lipinski definition) is 1. The normalized spacial score (nSPS) is 15.4. The minimum absolute atomic E-state index is 0.218. The van der Waals surface area contributed by atoms with Gasteiger partial charge in [0.05, 0.1) is 0 Å². The second-order valence-corrected chi connectivity index (χ2v) is 9.42. The summed E-state index contributed by atoms with van der Waals surface area (Å²) in [6.45, 7) is 11.9. The quantitative estimate of drug-likeness (QED) is 0.584. The molecule has 0 saturated heterocycles. The topological polar surface area (TPSA) is 80.2 Å². The number of rotatable bonds is 7. The highest BCUT2D eigenvalue weighted by atomic mass is 32.2. The number of amidine groups is 1. The highest BCUT2D eigenvalue weighted by Crippen LogP contribution is 2.43. The van der Waals surface area contributed by atoms with Crippen molar-refractivity contribution in [1.82, 2.24) is 10.3 Å². The van der Waals surface area contributed by atoms with E-state index in [1.807, 2.05) is 38.1 Å². The Morgan fingerprint density at radius 1 is 1.03 bits per heavy atom. The fourth-order valence-electron chi connectivity index (χ4n) is 3.50. The van der Waals surface area contributed by atoms with Crippen molar-refractivity contribution in [2.75, 3.05) is 13.2 Å². The van der Waals surface area contributed by atoms with Gasteiger partial charge in [-0.25, -0.2) is 5.01 Å². The maximum absolute atomic E-state index is 12.2. The second kappa shape index (κ2) is 10.7. The zero-order valence-corrected chi connectivity index (χ0v) is 20.8. The molecular formula is C25H31N3O4S. The first kappa shape index (κ1) is 24.6. The summed E-state index contributed by atoms with van der Waals surface area (Å²) in [4.78, 5) is 23.7. The van der Waals surface area contributed by atoms with Gasteiger partial charge in [0.2, 0.25) is 11.8 Å². The van der Waals surface area contributed by atoms with E-state index < -0.39 is 5.37 Å². The van der Waals surface area contributed by atoms with E-state index in [2.05, 4.69) is 36.4 Å². The van der Waals surface area contributed by atoms with Gasteiger partial charge >= 0.3 is 0 Å². The summed E-state index contributed by atoms with van der Waals surface area (Å²) in [6.07, 6.45) is 0. The molecule has 0 aromatic heterocycles. The van der Waals surface area contributed by atoms with E-state index in [-0.39, 0.29) is 11.8 Å². The number of ether oxygens (including phenoxy) is 2. The van der Waals surface area contributed by atoms with Gasteiger partial charge in [-0.3, -0.25) is 9.59 Å². The molecule has 7 nitrogen and oxygen atoms in total. The third kappa shape index (κ3) is 6.28.